The van der Waals surface area contributed by atoms with E-state index in [1.165, 1.54) is 18.6 Å². The van der Waals surface area contributed by atoms with Crippen LogP contribution in [0.2, 0.25) is 0 Å². The fraction of sp³-hybridized carbons (Fsp3) is 0.455. The van der Waals surface area contributed by atoms with E-state index >= 15 is 0 Å². The van der Waals surface area contributed by atoms with Crippen LogP contribution < -0.4 is 4.90 Å². The molecule has 1 aromatic heterocycles. The second kappa shape index (κ2) is 8.27. The number of amides is 1. The van der Waals surface area contributed by atoms with E-state index in [1.807, 2.05) is 24.0 Å². The lowest BCUT2D eigenvalue weighted by molar-refractivity contribution is -0.0177. The molecule has 2 aliphatic rings. The second-order valence-corrected chi connectivity index (χ2v) is 7.62. The van der Waals surface area contributed by atoms with Crippen LogP contribution >= 0.6 is 0 Å². The van der Waals surface area contributed by atoms with Crippen molar-refractivity contribution in [3.05, 3.63) is 59.5 Å². The monoisotopic (exact) mass is 383 g/mol. The lowest BCUT2D eigenvalue weighted by atomic mass is 10.1. The largest absolute Gasteiger partial charge is 0.367 e. The minimum absolute atomic E-state index is 0.0243. The molecule has 2 saturated heterocycles. The first kappa shape index (κ1) is 18.9. The molecule has 0 radical (unpaired) electrons. The average Bonchev–Trinajstić information content (AvgIpc) is 2.74. The lowest BCUT2D eigenvalue weighted by Gasteiger charge is -2.38. The van der Waals surface area contributed by atoms with Gasteiger partial charge in [-0.15, -0.1) is 0 Å². The predicted octanol–water partition coefficient (Wildman–Crippen LogP) is 3.81. The molecular weight excluding hydrogens is 357 g/mol. The minimum Gasteiger partial charge on any atom is -0.367 e. The first-order chi connectivity index (χ1) is 13.6. The van der Waals surface area contributed by atoms with E-state index in [2.05, 4.69) is 9.88 Å². The number of carbonyl (C=O) groups excluding carboxylic acids is 1. The van der Waals surface area contributed by atoms with Crippen LogP contribution in [0.4, 0.5) is 10.2 Å². The molecule has 2 aromatic rings. The Morgan fingerprint density at radius 2 is 1.86 bits per heavy atom. The smallest absolute Gasteiger partial charge is 0.257 e. The number of pyridine rings is 1. The quantitative estimate of drug-likeness (QED) is 0.809. The maximum Gasteiger partial charge on any atom is 0.257 e. The maximum absolute atomic E-state index is 13.3. The molecule has 3 heterocycles. The topological polar surface area (TPSA) is 45.7 Å². The Morgan fingerprint density at radius 1 is 1.11 bits per heavy atom. The van der Waals surface area contributed by atoms with Crippen LogP contribution in [0.1, 0.15) is 48.2 Å². The van der Waals surface area contributed by atoms with Crippen molar-refractivity contribution in [2.24, 2.45) is 0 Å². The molecule has 2 aliphatic heterocycles. The Labute approximate surface area is 165 Å². The molecule has 4 rings (SSSR count). The van der Waals surface area contributed by atoms with E-state index in [4.69, 9.17) is 4.74 Å². The van der Waals surface area contributed by atoms with Crippen LogP contribution in [0.25, 0.3) is 0 Å². The number of rotatable bonds is 3. The number of benzene rings is 1. The Bertz CT molecular complexity index is 821. The summed E-state index contributed by atoms with van der Waals surface area (Å²) in [6.07, 6.45) is 4.82. The molecule has 148 valence electrons. The minimum atomic E-state index is -0.261. The zero-order valence-electron chi connectivity index (χ0n) is 16.2. The van der Waals surface area contributed by atoms with Crippen LogP contribution in [-0.2, 0) is 4.74 Å². The van der Waals surface area contributed by atoms with Gasteiger partial charge >= 0.3 is 0 Å². The molecule has 0 spiro atoms. The van der Waals surface area contributed by atoms with E-state index in [1.54, 1.807) is 18.3 Å². The summed E-state index contributed by atoms with van der Waals surface area (Å²) in [5.41, 5.74) is 1.58. The number of morpholine rings is 1. The Balaban J connectivity index is 1.59. The molecule has 0 N–H and O–H groups in total. The van der Waals surface area contributed by atoms with Gasteiger partial charge in [-0.1, -0.05) is 12.1 Å². The van der Waals surface area contributed by atoms with Crippen molar-refractivity contribution in [2.75, 3.05) is 31.1 Å². The number of nitrogens with zero attached hydrogens (tertiary/aromatic N) is 3. The summed E-state index contributed by atoms with van der Waals surface area (Å²) in [6, 6.07) is 10.1. The van der Waals surface area contributed by atoms with Crippen molar-refractivity contribution in [3.8, 4) is 0 Å². The number of hydrogen-bond acceptors (Lipinski definition) is 4. The third-order valence-corrected chi connectivity index (χ3v) is 5.46. The van der Waals surface area contributed by atoms with Gasteiger partial charge in [0.05, 0.1) is 11.7 Å². The second-order valence-electron chi connectivity index (χ2n) is 7.62. The van der Waals surface area contributed by atoms with E-state index in [0.717, 1.165) is 31.5 Å². The molecule has 1 amide bonds. The molecular formula is C22H26FN3O2. The van der Waals surface area contributed by atoms with Gasteiger partial charge in [0, 0.05) is 32.4 Å². The van der Waals surface area contributed by atoms with Crippen molar-refractivity contribution in [1.29, 1.82) is 0 Å². The molecule has 0 aliphatic carbocycles. The highest BCUT2D eigenvalue weighted by molar-refractivity contribution is 5.99. The van der Waals surface area contributed by atoms with Gasteiger partial charge in [-0.2, -0.15) is 0 Å². The number of halogens is 1. The van der Waals surface area contributed by atoms with E-state index in [-0.39, 0.29) is 23.9 Å². The van der Waals surface area contributed by atoms with Gasteiger partial charge in [0.15, 0.2) is 0 Å². The van der Waals surface area contributed by atoms with Gasteiger partial charge in [0.25, 0.3) is 5.91 Å². The number of hydrogen-bond donors (Lipinski definition) is 0. The first-order valence-electron chi connectivity index (χ1n) is 10.0. The number of aromatic nitrogens is 1. The molecule has 2 atom stereocenters. The Hall–Kier alpha value is -2.47. The Kier molecular flexibility index (Phi) is 5.57. The fourth-order valence-electron chi connectivity index (χ4n) is 4.07. The third-order valence-electron chi connectivity index (χ3n) is 5.46. The van der Waals surface area contributed by atoms with Gasteiger partial charge in [-0.3, -0.25) is 4.79 Å². The highest BCUT2D eigenvalue weighted by Gasteiger charge is 2.30. The number of piperidine rings is 1. The summed E-state index contributed by atoms with van der Waals surface area (Å²) < 4.78 is 19.4. The summed E-state index contributed by atoms with van der Waals surface area (Å²) in [6.45, 7) is 4.87. The molecule has 28 heavy (non-hydrogen) atoms. The maximum atomic E-state index is 13.3. The zero-order valence-corrected chi connectivity index (χ0v) is 16.2. The highest BCUT2D eigenvalue weighted by atomic mass is 19.1. The molecule has 6 heteroatoms. The van der Waals surface area contributed by atoms with Crippen LogP contribution in [0.3, 0.4) is 0 Å². The summed E-state index contributed by atoms with van der Waals surface area (Å²) in [7, 11) is 0. The summed E-state index contributed by atoms with van der Waals surface area (Å²) in [4.78, 5) is 21.7. The molecule has 1 aromatic carbocycles. The first-order valence-corrected chi connectivity index (χ1v) is 10.0. The van der Waals surface area contributed by atoms with Crippen molar-refractivity contribution in [1.82, 2.24) is 9.88 Å². The van der Waals surface area contributed by atoms with Crippen LogP contribution in [0, 0.1) is 5.82 Å². The number of ether oxygens (including phenoxy) is 1. The zero-order chi connectivity index (χ0) is 19.5. The SMILES string of the molecule is CC1CN(c2ncccc2C(=O)N2CCCCC2)CC(c2ccc(F)cc2)O1. The average molecular weight is 383 g/mol. The number of carbonyl (C=O) groups is 1. The standard InChI is InChI=1S/C22H26FN3O2/c1-16-14-26(15-20(28-16)17-7-9-18(23)10-8-17)21-19(6-5-11-24-21)22(27)25-12-3-2-4-13-25/h5-11,16,20H,2-4,12-15H2,1H3. The van der Waals surface area contributed by atoms with Crippen molar-refractivity contribution < 1.29 is 13.9 Å². The van der Waals surface area contributed by atoms with Gasteiger partial charge < -0.3 is 14.5 Å². The summed E-state index contributed by atoms with van der Waals surface area (Å²) >= 11 is 0. The Morgan fingerprint density at radius 3 is 2.61 bits per heavy atom. The van der Waals surface area contributed by atoms with Gasteiger partial charge in [0.2, 0.25) is 0 Å². The van der Waals surface area contributed by atoms with E-state index < -0.39 is 0 Å². The fourth-order valence-corrected chi connectivity index (χ4v) is 4.07. The van der Waals surface area contributed by atoms with Crippen LogP contribution in [0.5, 0.6) is 0 Å². The van der Waals surface area contributed by atoms with Crippen molar-refractivity contribution in [3.63, 3.8) is 0 Å². The third kappa shape index (κ3) is 4.02. The summed E-state index contributed by atoms with van der Waals surface area (Å²) in [5.74, 6) is 0.504. The van der Waals surface area contributed by atoms with Crippen molar-refractivity contribution >= 4 is 11.7 Å². The van der Waals surface area contributed by atoms with Crippen LogP contribution in [-0.4, -0.2) is 48.1 Å². The number of anilines is 1. The molecule has 0 bridgehead atoms. The highest BCUT2D eigenvalue weighted by Crippen LogP contribution is 2.30. The molecule has 5 nitrogen and oxygen atoms in total. The summed E-state index contributed by atoms with van der Waals surface area (Å²) in [5, 5.41) is 0. The van der Waals surface area contributed by atoms with Crippen LogP contribution in [0.15, 0.2) is 42.6 Å². The normalized spacial score (nSPS) is 22.9. The lowest BCUT2D eigenvalue weighted by Crippen LogP contribution is -2.44. The predicted molar refractivity (Wildman–Crippen MR) is 106 cm³/mol. The number of likely N-dealkylation sites (tertiary alicyclic amines) is 1. The van der Waals surface area contributed by atoms with Crippen molar-refractivity contribution in [2.45, 2.75) is 38.4 Å². The van der Waals surface area contributed by atoms with Gasteiger partial charge in [-0.25, -0.2) is 9.37 Å². The van der Waals surface area contributed by atoms with Gasteiger partial charge in [-0.05, 0) is 56.0 Å². The molecule has 2 fully saturated rings. The van der Waals surface area contributed by atoms with E-state index in [9.17, 15) is 9.18 Å². The van der Waals surface area contributed by atoms with E-state index in [0.29, 0.717) is 24.5 Å². The molecule has 2 unspecified atom stereocenters. The molecule has 0 saturated carbocycles. The van der Waals surface area contributed by atoms with Gasteiger partial charge in [0.1, 0.15) is 17.7 Å².